The summed E-state index contributed by atoms with van der Waals surface area (Å²) in [6.45, 7) is 6.17. The highest BCUT2D eigenvalue weighted by atomic mass is 16.3. The molecule has 6 heteroatoms. The normalized spacial score (nSPS) is 13.6. The number of rotatable bonds is 6. The van der Waals surface area contributed by atoms with Gasteiger partial charge in [-0.1, -0.05) is 6.58 Å². The van der Waals surface area contributed by atoms with Crippen LogP contribution in [0.2, 0.25) is 0 Å². The fraction of sp³-hybridized carbons (Fsp3) is 0.583. The van der Waals surface area contributed by atoms with Gasteiger partial charge in [-0.3, -0.25) is 4.79 Å². The molecular formula is C12H21N2O4+. The summed E-state index contributed by atoms with van der Waals surface area (Å²) in [6, 6.07) is 0. The molecule has 0 bridgehead atoms. The Morgan fingerprint density at radius 2 is 1.83 bits per heavy atom. The number of amides is 3. The van der Waals surface area contributed by atoms with E-state index < -0.39 is 10.4 Å². The van der Waals surface area contributed by atoms with Gasteiger partial charge < -0.3 is 10.0 Å². The van der Waals surface area contributed by atoms with E-state index in [2.05, 4.69) is 6.58 Å². The number of aliphatic hydroxyl groups is 1. The third kappa shape index (κ3) is 3.75. The predicted octanol–water partition coefficient (Wildman–Crippen LogP) is -0.467. The van der Waals surface area contributed by atoms with Crippen LogP contribution in [0.25, 0.3) is 0 Å². The fourth-order valence-electron chi connectivity index (χ4n) is 1.63. The minimum absolute atomic E-state index is 0.00800. The zero-order chi connectivity index (χ0) is 14.3. The summed E-state index contributed by atoms with van der Waals surface area (Å²) in [5, 5.41) is 9.03. The van der Waals surface area contributed by atoms with E-state index in [0.717, 1.165) is 6.08 Å². The summed E-state index contributed by atoms with van der Waals surface area (Å²) in [5.41, 5.74) is 0. The number of hydrogen-bond acceptors (Lipinski definition) is 4. The van der Waals surface area contributed by atoms with Gasteiger partial charge in [-0.05, 0) is 0 Å². The van der Waals surface area contributed by atoms with E-state index in [1.54, 1.807) is 7.05 Å². The molecule has 1 atom stereocenters. The average molecular weight is 257 g/mol. The monoisotopic (exact) mass is 257 g/mol. The van der Waals surface area contributed by atoms with Crippen molar-refractivity contribution in [3.05, 3.63) is 12.7 Å². The van der Waals surface area contributed by atoms with Crippen LogP contribution in [-0.2, 0) is 14.4 Å². The Morgan fingerprint density at radius 1 is 1.28 bits per heavy atom. The largest absolute Gasteiger partial charge is 0.390 e. The predicted molar refractivity (Wildman–Crippen MR) is 66.3 cm³/mol. The molecule has 0 aromatic carbocycles. The average Bonchev–Trinajstić information content (AvgIpc) is 2.32. The Labute approximate surface area is 107 Å². The third-order valence-corrected chi connectivity index (χ3v) is 3.04. The van der Waals surface area contributed by atoms with Gasteiger partial charge in [0, 0.05) is 20.0 Å². The third-order valence-electron chi connectivity index (χ3n) is 3.04. The first kappa shape index (κ1) is 16.5. The molecule has 0 aromatic rings. The van der Waals surface area contributed by atoms with Gasteiger partial charge in [-0.2, -0.15) is 4.48 Å². The van der Waals surface area contributed by atoms with Crippen molar-refractivity contribution < 1.29 is 24.0 Å². The van der Waals surface area contributed by atoms with Crippen molar-refractivity contribution in [3.8, 4) is 0 Å². The summed E-state index contributed by atoms with van der Waals surface area (Å²) < 4.78 is -0.516. The fourth-order valence-corrected chi connectivity index (χ4v) is 1.63. The van der Waals surface area contributed by atoms with Gasteiger partial charge in [0.15, 0.2) is 0 Å². The first-order valence-electron chi connectivity index (χ1n) is 5.69. The molecule has 0 rings (SSSR count). The van der Waals surface area contributed by atoms with E-state index in [-0.39, 0.29) is 38.1 Å². The minimum Gasteiger partial charge on any atom is -0.390 e. The first-order valence-corrected chi connectivity index (χ1v) is 5.69. The molecule has 1 N–H and O–H groups in total. The van der Waals surface area contributed by atoms with E-state index in [0.29, 0.717) is 0 Å². The second kappa shape index (κ2) is 7.03. The Hall–Kier alpha value is -1.53. The summed E-state index contributed by atoms with van der Waals surface area (Å²) >= 11 is 0. The summed E-state index contributed by atoms with van der Waals surface area (Å²) in [6.07, 6.45) is 1.07. The molecule has 3 amide bonds. The van der Waals surface area contributed by atoms with Gasteiger partial charge in [0.2, 0.25) is 5.91 Å². The van der Waals surface area contributed by atoms with Crippen LogP contribution >= 0.6 is 0 Å². The number of quaternary nitrogens is 1. The molecule has 0 heterocycles. The number of carbonyl (C=O) groups is 3. The van der Waals surface area contributed by atoms with Crippen LogP contribution in [0.3, 0.4) is 0 Å². The number of hydrogen-bond donors (Lipinski definition) is 1. The van der Waals surface area contributed by atoms with Gasteiger partial charge in [-0.15, -0.1) is 0 Å². The molecule has 102 valence electrons. The quantitative estimate of drug-likeness (QED) is 0.516. The van der Waals surface area contributed by atoms with Crippen molar-refractivity contribution in [1.29, 1.82) is 0 Å². The van der Waals surface area contributed by atoms with Crippen LogP contribution in [0, 0.1) is 0 Å². The molecule has 18 heavy (non-hydrogen) atoms. The zero-order valence-corrected chi connectivity index (χ0v) is 11.2. The van der Waals surface area contributed by atoms with Crippen molar-refractivity contribution in [2.75, 3.05) is 33.3 Å². The van der Waals surface area contributed by atoms with Crippen molar-refractivity contribution in [2.45, 2.75) is 13.8 Å². The topological polar surface area (TPSA) is 74.7 Å². The molecule has 0 saturated heterocycles. The number of nitrogens with zero attached hydrogens (tertiary/aromatic N) is 2. The number of imide groups is 1. The van der Waals surface area contributed by atoms with Crippen molar-refractivity contribution in [2.24, 2.45) is 0 Å². The molecule has 0 saturated carbocycles. The van der Waals surface area contributed by atoms with E-state index in [1.165, 1.54) is 18.7 Å². The summed E-state index contributed by atoms with van der Waals surface area (Å²) in [5.74, 6) is -0.980. The second-order valence-corrected chi connectivity index (χ2v) is 4.14. The van der Waals surface area contributed by atoms with Gasteiger partial charge in [0.1, 0.15) is 13.1 Å². The van der Waals surface area contributed by atoms with Gasteiger partial charge in [0.05, 0.1) is 20.1 Å². The molecular weight excluding hydrogens is 236 g/mol. The van der Waals surface area contributed by atoms with Crippen LogP contribution in [0.1, 0.15) is 13.8 Å². The van der Waals surface area contributed by atoms with Crippen molar-refractivity contribution in [3.63, 3.8) is 0 Å². The maximum absolute atomic E-state index is 11.9. The molecule has 0 spiro atoms. The standard InChI is InChI=1S/C12H21N2O4/c1-5-12(18)14(8-9-15,11(3)17)7-6-13(4)10(2)16/h5,15H,1,6-9H2,2-4H3/q+1. The SMILES string of the molecule is C=CC(=O)[N+](CCO)(CCN(C)C(C)=O)C(C)=O. The smallest absolute Gasteiger partial charge is 0.345 e. The molecule has 6 nitrogen and oxygen atoms in total. The Morgan fingerprint density at radius 3 is 2.17 bits per heavy atom. The highest BCUT2D eigenvalue weighted by Gasteiger charge is 2.39. The van der Waals surface area contributed by atoms with Crippen LogP contribution in [0.4, 0.5) is 0 Å². The Kier molecular flexibility index (Phi) is 6.43. The molecule has 0 fully saturated rings. The van der Waals surface area contributed by atoms with Crippen molar-refractivity contribution >= 4 is 17.7 Å². The molecule has 0 aliphatic rings. The number of carbonyl (C=O) groups excluding carboxylic acids is 3. The zero-order valence-electron chi connectivity index (χ0n) is 11.2. The van der Waals surface area contributed by atoms with Crippen LogP contribution in [0.5, 0.6) is 0 Å². The second-order valence-electron chi connectivity index (χ2n) is 4.14. The van der Waals surface area contributed by atoms with Gasteiger partial charge >= 0.3 is 11.8 Å². The van der Waals surface area contributed by atoms with Gasteiger partial charge in [-0.25, -0.2) is 9.59 Å². The number of aliphatic hydroxyl groups excluding tert-OH is 1. The van der Waals surface area contributed by atoms with E-state index >= 15 is 0 Å². The maximum Gasteiger partial charge on any atom is 0.345 e. The highest BCUT2D eigenvalue weighted by Crippen LogP contribution is 2.10. The lowest BCUT2D eigenvalue weighted by molar-refractivity contribution is -0.776. The Balaban J connectivity index is 5.07. The lowest BCUT2D eigenvalue weighted by Gasteiger charge is -2.32. The van der Waals surface area contributed by atoms with E-state index in [4.69, 9.17) is 5.11 Å². The lowest BCUT2D eigenvalue weighted by atomic mass is 10.2. The molecule has 0 aliphatic heterocycles. The molecule has 1 unspecified atom stereocenters. The molecule has 0 radical (unpaired) electrons. The van der Waals surface area contributed by atoms with Crippen LogP contribution < -0.4 is 0 Å². The first-order chi connectivity index (χ1) is 8.31. The van der Waals surface area contributed by atoms with Crippen LogP contribution in [-0.4, -0.2) is 65.5 Å². The minimum atomic E-state index is -0.516. The molecule has 0 aromatic heterocycles. The van der Waals surface area contributed by atoms with Gasteiger partial charge in [0.25, 0.3) is 0 Å². The van der Waals surface area contributed by atoms with Crippen LogP contribution in [0.15, 0.2) is 12.7 Å². The van der Waals surface area contributed by atoms with E-state index in [1.807, 2.05) is 0 Å². The summed E-state index contributed by atoms with van der Waals surface area (Å²) in [4.78, 5) is 36.1. The number of likely N-dealkylation sites (N-methyl/N-ethyl adjacent to an activating group) is 1. The summed E-state index contributed by atoms with van der Waals surface area (Å²) in [7, 11) is 1.59. The molecule has 0 aliphatic carbocycles. The Bertz CT molecular complexity index is 354. The lowest BCUT2D eigenvalue weighted by Crippen LogP contribution is -2.59. The maximum atomic E-state index is 11.9. The highest BCUT2D eigenvalue weighted by molar-refractivity contribution is 5.90. The van der Waals surface area contributed by atoms with Crippen molar-refractivity contribution in [1.82, 2.24) is 4.90 Å². The van der Waals surface area contributed by atoms with E-state index in [9.17, 15) is 14.4 Å².